The highest BCUT2D eigenvalue weighted by molar-refractivity contribution is 6.06. The Morgan fingerprint density at radius 1 is 1.00 bits per heavy atom. The number of carbonyl (C=O) groups is 1. The molecule has 2 saturated carbocycles. The molecule has 0 bridgehead atoms. The van der Waals surface area contributed by atoms with Crippen molar-refractivity contribution < 1.29 is 9.18 Å². The van der Waals surface area contributed by atoms with Gasteiger partial charge >= 0.3 is 0 Å². The summed E-state index contributed by atoms with van der Waals surface area (Å²) < 4.78 is 16.6. The third kappa shape index (κ3) is 3.69. The highest BCUT2D eigenvalue weighted by Gasteiger charge is 2.51. The molecule has 2 aliphatic rings. The Bertz CT molecular complexity index is 1350. The highest BCUT2D eigenvalue weighted by atomic mass is 19.1. The Labute approximate surface area is 198 Å². The molecule has 0 atom stereocenters. The molecule has 5 heteroatoms. The number of carbonyl (C=O) groups excluding carboxylic acids is 1. The Kier molecular flexibility index (Phi) is 5.01. The molecule has 2 aromatic heterocycles. The van der Waals surface area contributed by atoms with Crippen LogP contribution in [0.15, 0.2) is 73.2 Å². The maximum absolute atomic E-state index is 14.6. The molecule has 172 valence electrons. The zero-order chi connectivity index (χ0) is 23.3. The van der Waals surface area contributed by atoms with Gasteiger partial charge in [-0.1, -0.05) is 31.2 Å². The van der Waals surface area contributed by atoms with Gasteiger partial charge in [-0.2, -0.15) is 0 Å². The Hall–Kier alpha value is -3.47. The molecule has 0 saturated heterocycles. The monoisotopic (exact) mass is 453 g/mol. The molecule has 0 radical (unpaired) electrons. The van der Waals surface area contributed by atoms with Gasteiger partial charge in [-0.15, -0.1) is 0 Å². The van der Waals surface area contributed by atoms with E-state index in [4.69, 9.17) is 0 Å². The summed E-state index contributed by atoms with van der Waals surface area (Å²) in [7, 11) is 0. The molecule has 2 heterocycles. The fourth-order valence-electron chi connectivity index (χ4n) is 6.25. The molecule has 4 aromatic rings. The summed E-state index contributed by atoms with van der Waals surface area (Å²) in [6.45, 7) is 2.86. The topological polar surface area (TPSA) is 46.9 Å². The predicted octanol–water partition coefficient (Wildman–Crippen LogP) is 6.20. The molecule has 1 spiro atoms. The van der Waals surface area contributed by atoms with Gasteiger partial charge in [0.2, 0.25) is 0 Å². The van der Waals surface area contributed by atoms with E-state index in [1.54, 1.807) is 24.5 Å². The molecular weight excluding hydrogens is 425 g/mol. The van der Waals surface area contributed by atoms with Gasteiger partial charge in [0.25, 0.3) is 5.91 Å². The van der Waals surface area contributed by atoms with Crippen LogP contribution in [0.1, 0.15) is 48.5 Å². The van der Waals surface area contributed by atoms with E-state index in [9.17, 15) is 9.18 Å². The lowest BCUT2D eigenvalue weighted by Crippen LogP contribution is -2.55. The van der Waals surface area contributed by atoms with Crippen LogP contribution in [-0.4, -0.2) is 21.5 Å². The van der Waals surface area contributed by atoms with Crippen molar-refractivity contribution in [2.75, 3.05) is 0 Å². The van der Waals surface area contributed by atoms with Gasteiger partial charge in [-0.05, 0) is 84.0 Å². The first-order valence-corrected chi connectivity index (χ1v) is 12.1. The molecule has 0 unspecified atom stereocenters. The normalized spacial score (nSPS) is 23.5. The minimum absolute atomic E-state index is 0.106. The Balaban J connectivity index is 1.23. The fraction of sp³-hybridized carbons (Fsp3) is 0.310. The second-order valence-corrected chi connectivity index (χ2v) is 10.3. The summed E-state index contributed by atoms with van der Waals surface area (Å²) in [5, 5.41) is 3.69. The molecular formula is C29H28FN3O. The standard InChI is InChI=1S/C29H28FN3O/c1-19-14-29(15-19)16-23(17-29)32-28(34)25-6-7-26(30)24-10-13-33(27(24)25)18-20-2-4-21(5-3-20)22-8-11-31-12-9-22/h2-13,19,23H,14-18H2,1H3,(H,32,34). The number of halogens is 1. The molecule has 4 nitrogen and oxygen atoms in total. The van der Waals surface area contributed by atoms with Crippen molar-refractivity contribution in [1.82, 2.24) is 14.9 Å². The van der Waals surface area contributed by atoms with E-state index in [2.05, 4.69) is 41.5 Å². The summed E-state index contributed by atoms with van der Waals surface area (Å²) in [5.41, 5.74) is 4.99. The Morgan fingerprint density at radius 2 is 1.71 bits per heavy atom. The fourth-order valence-corrected chi connectivity index (χ4v) is 6.25. The van der Waals surface area contributed by atoms with Gasteiger partial charge in [0.1, 0.15) is 5.82 Å². The van der Waals surface area contributed by atoms with E-state index in [0.29, 0.717) is 28.4 Å². The quantitative estimate of drug-likeness (QED) is 0.391. The zero-order valence-corrected chi connectivity index (χ0v) is 19.3. The van der Waals surface area contributed by atoms with E-state index in [1.165, 1.54) is 18.9 Å². The van der Waals surface area contributed by atoms with Gasteiger partial charge in [0.15, 0.2) is 0 Å². The van der Waals surface area contributed by atoms with E-state index in [-0.39, 0.29) is 17.8 Å². The van der Waals surface area contributed by atoms with Crippen LogP contribution in [0.25, 0.3) is 22.0 Å². The van der Waals surface area contributed by atoms with Crippen molar-refractivity contribution in [2.45, 2.75) is 45.2 Å². The van der Waals surface area contributed by atoms with E-state index in [1.807, 2.05) is 22.9 Å². The first kappa shape index (κ1) is 21.1. The van der Waals surface area contributed by atoms with Crippen LogP contribution in [0, 0.1) is 17.2 Å². The van der Waals surface area contributed by atoms with Crippen molar-refractivity contribution >= 4 is 16.8 Å². The number of benzene rings is 2. The van der Waals surface area contributed by atoms with Crippen LogP contribution in [0.2, 0.25) is 0 Å². The first-order valence-electron chi connectivity index (χ1n) is 12.1. The van der Waals surface area contributed by atoms with E-state index >= 15 is 0 Å². The first-order chi connectivity index (χ1) is 16.5. The minimum Gasteiger partial charge on any atom is -0.349 e. The van der Waals surface area contributed by atoms with Crippen molar-refractivity contribution in [3.8, 4) is 11.1 Å². The minimum atomic E-state index is -0.301. The zero-order valence-electron chi connectivity index (χ0n) is 19.3. The van der Waals surface area contributed by atoms with E-state index < -0.39 is 0 Å². The number of nitrogens with one attached hydrogen (secondary N) is 1. The predicted molar refractivity (Wildman–Crippen MR) is 132 cm³/mol. The lowest BCUT2D eigenvalue weighted by Gasteiger charge is -2.57. The molecule has 2 aliphatic carbocycles. The SMILES string of the molecule is CC1CC2(C1)CC(NC(=O)c1ccc(F)c3ccn(Cc4ccc(-c5ccncc5)cc4)c13)C2. The van der Waals surface area contributed by atoms with Crippen LogP contribution in [-0.2, 0) is 6.54 Å². The van der Waals surface area contributed by atoms with Gasteiger partial charge < -0.3 is 9.88 Å². The summed E-state index contributed by atoms with van der Waals surface area (Å²) in [6.07, 6.45) is 10.1. The number of hydrogen-bond donors (Lipinski definition) is 1. The molecule has 1 N–H and O–H groups in total. The number of aromatic nitrogens is 2. The average molecular weight is 454 g/mol. The second-order valence-electron chi connectivity index (χ2n) is 10.3. The number of nitrogens with zero attached hydrogens (tertiary/aromatic N) is 2. The summed E-state index contributed by atoms with van der Waals surface area (Å²) in [4.78, 5) is 17.3. The lowest BCUT2D eigenvalue weighted by atomic mass is 9.50. The molecule has 2 aromatic carbocycles. The highest BCUT2D eigenvalue weighted by Crippen LogP contribution is 2.58. The number of rotatable bonds is 5. The van der Waals surface area contributed by atoms with Crippen LogP contribution >= 0.6 is 0 Å². The number of pyridine rings is 1. The van der Waals surface area contributed by atoms with Crippen LogP contribution in [0.3, 0.4) is 0 Å². The van der Waals surface area contributed by atoms with Crippen molar-refractivity contribution in [3.05, 3.63) is 90.1 Å². The smallest absolute Gasteiger partial charge is 0.253 e. The van der Waals surface area contributed by atoms with Crippen molar-refractivity contribution in [1.29, 1.82) is 0 Å². The number of amides is 1. The molecule has 34 heavy (non-hydrogen) atoms. The van der Waals surface area contributed by atoms with Crippen LogP contribution < -0.4 is 5.32 Å². The average Bonchev–Trinajstić information content (AvgIpc) is 3.22. The molecule has 2 fully saturated rings. The van der Waals surface area contributed by atoms with Crippen molar-refractivity contribution in [2.24, 2.45) is 11.3 Å². The number of fused-ring (bicyclic) bond motifs is 1. The van der Waals surface area contributed by atoms with Gasteiger partial charge in [-0.25, -0.2) is 4.39 Å². The lowest BCUT2D eigenvalue weighted by molar-refractivity contribution is -0.0399. The second kappa shape index (κ2) is 8.08. The third-order valence-electron chi connectivity index (χ3n) is 7.69. The van der Waals surface area contributed by atoms with E-state index in [0.717, 1.165) is 35.4 Å². The largest absolute Gasteiger partial charge is 0.349 e. The van der Waals surface area contributed by atoms with Gasteiger partial charge in [0, 0.05) is 36.6 Å². The maximum Gasteiger partial charge on any atom is 0.253 e. The van der Waals surface area contributed by atoms with Gasteiger partial charge in [-0.3, -0.25) is 9.78 Å². The molecule has 6 rings (SSSR count). The van der Waals surface area contributed by atoms with Crippen LogP contribution in [0.4, 0.5) is 4.39 Å². The molecule has 0 aliphatic heterocycles. The summed E-state index contributed by atoms with van der Waals surface area (Å²) >= 11 is 0. The Morgan fingerprint density at radius 3 is 2.41 bits per heavy atom. The van der Waals surface area contributed by atoms with Crippen molar-refractivity contribution in [3.63, 3.8) is 0 Å². The summed E-state index contributed by atoms with van der Waals surface area (Å²) in [6, 6.07) is 17.3. The third-order valence-corrected chi connectivity index (χ3v) is 7.69. The van der Waals surface area contributed by atoms with Crippen LogP contribution in [0.5, 0.6) is 0 Å². The number of hydrogen-bond acceptors (Lipinski definition) is 2. The summed E-state index contributed by atoms with van der Waals surface area (Å²) in [5.74, 6) is 0.407. The maximum atomic E-state index is 14.6. The van der Waals surface area contributed by atoms with Gasteiger partial charge in [0.05, 0.1) is 11.1 Å². The molecule has 1 amide bonds.